The number of hydrogen-bond donors (Lipinski definition) is 0. The van der Waals surface area contributed by atoms with Gasteiger partial charge in [-0.25, -0.2) is 9.97 Å². The normalized spacial score (nSPS) is 12.5. The van der Waals surface area contributed by atoms with Crippen molar-refractivity contribution in [1.29, 1.82) is 0 Å². The predicted octanol–water partition coefficient (Wildman–Crippen LogP) is 9.82. The van der Waals surface area contributed by atoms with E-state index in [1.807, 2.05) is 30.6 Å². The van der Waals surface area contributed by atoms with Gasteiger partial charge in [0.1, 0.15) is 22.8 Å². The maximum atomic E-state index is 6.64. The summed E-state index contributed by atoms with van der Waals surface area (Å²) in [5.74, 6) is 1.53. The zero-order valence-electron chi connectivity index (χ0n) is 26.2. The maximum Gasteiger partial charge on any atom is 0.146 e. The Kier molecular flexibility index (Phi) is 5.30. The van der Waals surface area contributed by atoms with Crippen LogP contribution in [0.5, 0.6) is 11.5 Å². The number of hydrogen-bond acceptors (Lipinski definition) is 4. The second kappa shape index (κ2) is 9.50. The standard InChI is InChI=1S/C41H29N5O/c1-23-17-24(2)37(25(3)18-23)34-22-45-35-10-6-15-42-38(35)30-14-13-28(20-33(30)41(45)44-34)47-29-12-11-26-19-27-7-4-8-31-32-9-5-16-43-40(32)46(39(27)31)36(26)21-29/h4-18,20-22H,19H2,1-3H3. The quantitative estimate of drug-likeness (QED) is 0.188. The molecule has 9 aromatic rings. The Balaban J connectivity index is 1.13. The minimum atomic E-state index is 0.749. The molecule has 10 rings (SSSR count). The minimum Gasteiger partial charge on any atom is -0.457 e. The molecule has 6 heterocycles. The van der Waals surface area contributed by atoms with E-state index in [0.717, 1.165) is 67.8 Å². The van der Waals surface area contributed by atoms with Crippen LogP contribution >= 0.6 is 0 Å². The molecule has 1 aliphatic heterocycles. The van der Waals surface area contributed by atoms with Crippen molar-refractivity contribution in [2.45, 2.75) is 27.2 Å². The van der Waals surface area contributed by atoms with Gasteiger partial charge in [0.2, 0.25) is 0 Å². The first-order valence-electron chi connectivity index (χ1n) is 16.0. The highest BCUT2D eigenvalue weighted by Gasteiger charge is 2.23. The largest absolute Gasteiger partial charge is 0.457 e. The second-order valence-corrected chi connectivity index (χ2v) is 12.8. The number of para-hydroxylation sites is 1. The molecule has 0 saturated heterocycles. The van der Waals surface area contributed by atoms with Crippen LogP contribution in [-0.4, -0.2) is 23.9 Å². The lowest BCUT2D eigenvalue weighted by atomic mass is 9.97. The third kappa shape index (κ3) is 3.75. The Morgan fingerprint density at radius 1 is 0.660 bits per heavy atom. The molecule has 0 fully saturated rings. The molecule has 4 aromatic carbocycles. The van der Waals surface area contributed by atoms with E-state index in [9.17, 15) is 0 Å². The van der Waals surface area contributed by atoms with Crippen LogP contribution in [0.25, 0.3) is 66.3 Å². The molecule has 5 aromatic heterocycles. The Morgan fingerprint density at radius 2 is 1.45 bits per heavy atom. The van der Waals surface area contributed by atoms with Gasteiger partial charge < -0.3 is 4.74 Å². The Labute approximate surface area is 270 Å². The van der Waals surface area contributed by atoms with Crippen molar-refractivity contribution in [3.05, 3.63) is 137 Å². The van der Waals surface area contributed by atoms with Gasteiger partial charge in [-0.2, -0.15) is 0 Å². The number of rotatable bonds is 3. The highest BCUT2D eigenvalue weighted by molar-refractivity contribution is 6.11. The fraction of sp³-hybridized carbons (Fsp3) is 0.0976. The summed E-state index contributed by atoms with van der Waals surface area (Å²) in [6.45, 7) is 6.47. The Hall–Kier alpha value is -6.01. The summed E-state index contributed by atoms with van der Waals surface area (Å²) in [5.41, 5.74) is 14.6. The van der Waals surface area contributed by atoms with Gasteiger partial charge in [-0.3, -0.25) is 14.0 Å². The van der Waals surface area contributed by atoms with Crippen LogP contribution in [0.4, 0.5) is 0 Å². The predicted molar refractivity (Wildman–Crippen MR) is 189 cm³/mol. The minimum absolute atomic E-state index is 0.749. The van der Waals surface area contributed by atoms with Gasteiger partial charge in [-0.1, -0.05) is 42.0 Å². The van der Waals surface area contributed by atoms with E-state index in [1.165, 1.54) is 44.3 Å². The van der Waals surface area contributed by atoms with Crippen molar-refractivity contribution in [1.82, 2.24) is 23.9 Å². The van der Waals surface area contributed by atoms with Crippen molar-refractivity contribution >= 4 is 49.4 Å². The summed E-state index contributed by atoms with van der Waals surface area (Å²) in [7, 11) is 0. The number of fused-ring (bicyclic) bond motifs is 11. The molecule has 0 saturated carbocycles. The first-order chi connectivity index (χ1) is 23.0. The van der Waals surface area contributed by atoms with Crippen LogP contribution in [-0.2, 0) is 6.42 Å². The highest BCUT2D eigenvalue weighted by Crippen LogP contribution is 2.41. The molecule has 0 N–H and O–H groups in total. The van der Waals surface area contributed by atoms with Crippen LogP contribution in [0, 0.1) is 20.8 Å². The summed E-state index contributed by atoms with van der Waals surface area (Å²) >= 11 is 0. The van der Waals surface area contributed by atoms with E-state index >= 15 is 0 Å². The molecule has 1 aliphatic rings. The first kappa shape index (κ1) is 26.2. The van der Waals surface area contributed by atoms with Crippen molar-refractivity contribution in [3.8, 4) is 28.4 Å². The topological polar surface area (TPSA) is 57.2 Å². The third-order valence-corrected chi connectivity index (χ3v) is 9.72. The molecule has 47 heavy (non-hydrogen) atoms. The van der Waals surface area contributed by atoms with Crippen LogP contribution in [0.15, 0.2) is 110 Å². The average Bonchev–Trinajstić information content (AvgIpc) is 3.66. The van der Waals surface area contributed by atoms with Gasteiger partial charge in [0.05, 0.1) is 27.9 Å². The van der Waals surface area contributed by atoms with Crippen molar-refractivity contribution < 1.29 is 4.74 Å². The van der Waals surface area contributed by atoms with Crippen LogP contribution in [0.2, 0.25) is 0 Å². The number of imidazole rings is 1. The Morgan fingerprint density at radius 3 is 2.34 bits per heavy atom. The molecule has 0 aliphatic carbocycles. The highest BCUT2D eigenvalue weighted by atomic mass is 16.5. The summed E-state index contributed by atoms with van der Waals surface area (Å²) in [4.78, 5) is 14.9. The van der Waals surface area contributed by atoms with Gasteiger partial charge in [-0.15, -0.1) is 0 Å². The van der Waals surface area contributed by atoms with E-state index in [2.05, 4.69) is 109 Å². The number of pyridine rings is 3. The number of ether oxygens (including phenoxy) is 1. The van der Waals surface area contributed by atoms with Gasteiger partial charge in [0, 0.05) is 58.2 Å². The molecule has 0 unspecified atom stereocenters. The average molecular weight is 608 g/mol. The van der Waals surface area contributed by atoms with E-state index in [0.29, 0.717) is 0 Å². The molecule has 6 nitrogen and oxygen atoms in total. The van der Waals surface area contributed by atoms with Crippen LogP contribution < -0.4 is 4.74 Å². The van der Waals surface area contributed by atoms with E-state index in [1.54, 1.807) is 0 Å². The first-order valence-corrected chi connectivity index (χ1v) is 16.0. The fourth-order valence-corrected chi connectivity index (χ4v) is 7.88. The second-order valence-electron chi connectivity index (χ2n) is 12.8. The number of benzene rings is 4. The molecule has 224 valence electrons. The molecule has 6 heteroatoms. The summed E-state index contributed by atoms with van der Waals surface area (Å²) in [6.07, 6.45) is 6.75. The number of nitrogens with zero attached hydrogens (tertiary/aromatic N) is 5. The maximum absolute atomic E-state index is 6.64. The lowest BCUT2D eigenvalue weighted by Gasteiger charge is -2.21. The zero-order chi connectivity index (χ0) is 31.4. The molecule has 0 amide bonds. The monoisotopic (exact) mass is 607 g/mol. The number of aromatic nitrogens is 5. The van der Waals surface area contributed by atoms with Crippen molar-refractivity contribution in [2.24, 2.45) is 0 Å². The van der Waals surface area contributed by atoms with E-state index in [4.69, 9.17) is 19.7 Å². The molecule has 0 spiro atoms. The zero-order valence-corrected chi connectivity index (χ0v) is 26.2. The summed E-state index contributed by atoms with van der Waals surface area (Å²) in [5, 5.41) is 4.44. The summed E-state index contributed by atoms with van der Waals surface area (Å²) < 4.78 is 11.1. The van der Waals surface area contributed by atoms with Crippen molar-refractivity contribution in [3.63, 3.8) is 0 Å². The van der Waals surface area contributed by atoms with Gasteiger partial charge in [0.15, 0.2) is 0 Å². The third-order valence-electron chi connectivity index (χ3n) is 9.72. The fourth-order valence-electron chi connectivity index (χ4n) is 7.88. The number of aryl methyl sites for hydroxylation is 3. The van der Waals surface area contributed by atoms with Crippen LogP contribution in [0.1, 0.15) is 27.8 Å². The van der Waals surface area contributed by atoms with Crippen molar-refractivity contribution in [2.75, 3.05) is 0 Å². The van der Waals surface area contributed by atoms with Gasteiger partial charge in [-0.05, 0) is 91.6 Å². The molecular weight excluding hydrogens is 578 g/mol. The van der Waals surface area contributed by atoms with Crippen LogP contribution in [0.3, 0.4) is 0 Å². The Bertz CT molecular complexity index is 2760. The van der Waals surface area contributed by atoms with Gasteiger partial charge >= 0.3 is 0 Å². The molecule has 0 radical (unpaired) electrons. The molecule has 0 atom stereocenters. The van der Waals surface area contributed by atoms with E-state index < -0.39 is 0 Å². The smallest absolute Gasteiger partial charge is 0.146 e. The lowest BCUT2D eigenvalue weighted by Crippen LogP contribution is -2.08. The van der Waals surface area contributed by atoms with Gasteiger partial charge in [0.25, 0.3) is 0 Å². The summed E-state index contributed by atoms with van der Waals surface area (Å²) in [6, 6.07) is 31.9. The molecular formula is C41H29N5O. The molecule has 0 bridgehead atoms. The van der Waals surface area contributed by atoms with E-state index in [-0.39, 0.29) is 0 Å². The lowest BCUT2D eigenvalue weighted by molar-refractivity contribution is 0.483. The SMILES string of the molecule is Cc1cc(C)c(-c2cn3c4cccnc4c4ccc(Oc5ccc6c(c5)-n5c7ncccc7c7cccc(c75)C6)cc4c3n2)c(C)c1.